The predicted molar refractivity (Wildman–Crippen MR) is 56.3 cm³/mol. The van der Waals surface area contributed by atoms with Crippen molar-refractivity contribution >= 4 is 0 Å². The van der Waals surface area contributed by atoms with Gasteiger partial charge in [0, 0.05) is 0 Å². The molecular formula is C10H16N4. The number of nitrogens with one attached hydrogen (secondary N) is 3. The monoisotopic (exact) mass is 192 g/mol. The molecule has 0 saturated carbocycles. The van der Waals surface area contributed by atoms with Gasteiger partial charge >= 0.3 is 0 Å². The van der Waals surface area contributed by atoms with Crippen molar-refractivity contribution in [2.45, 2.75) is 18.2 Å². The van der Waals surface area contributed by atoms with Gasteiger partial charge in [-0.2, -0.15) is 0 Å². The van der Waals surface area contributed by atoms with E-state index in [4.69, 9.17) is 5.73 Å². The molecule has 0 radical (unpaired) electrons. The third kappa shape index (κ3) is 1.65. The van der Waals surface area contributed by atoms with Crippen LogP contribution >= 0.6 is 0 Å². The molecule has 0 bridgehead atoms. The van der Waals surface area contributed by atoms with Crippen molar-refractivity contribution in [2.24, 2.45) is 5.73 Å². The maximum Gasteiger partial charge on any atom is 0.0853 e. The third-order valence-electron chi connectivity index (χ3n) is 2.64. The highest BCUT2D eigenvalue weighted by molar-refractivity contribution is 5.22. The van der Waals surface area contributed by atoms with E-state index in [1.165, 1.54) is 5.56 Å². The van der Waals surface area contributed by atoms with Crippen LogP contribution in [0, 0.1) is 0 Å². The molecule has 1 aromatic carbocycles. The Balaban J connectivity index is 2.19. The minimum Gasteiger partial charge on any atom is -0.314 e. The molecule has 0 spiro atoms. The number of nitrogens with two attached hydrogens (primary N) is 1. The lowest BCUT2D eigenvalue weighted by atomic mass is 10.00. The molecule has 76 valence electrons. The lowest BCUT2D eigenvalue weighted by Crippen LogP contribution is -2.46. The van der Waals surface area contributed by atoms with Crippen LogP contribution in [0.2, 0.25) is 0 Å². The molecule has 4 heteroatoms. The van der Waals surface area contributed by atoms with Gasteiger partial charge in [0.2, 0.25) is 0 Å². The summed E-state index contributed by atoms with van der Waals surface area (Å²) in [4.78, 5) is 0. The zero-order valence-corrected chi connectivity index (χ0v) is 8.20. The molecule has 1 fully saturated rings. The average molecular weight is 192 g/mol. The fraction of sp³-hybridized carbons (Fsp3) is 0.400. The van der Waals surface area contributed by atoms with Crippen molar-refractivity contribution in [1.29, 1.82) is 0 Å². The Bertz CT molecular complexity index is 287. The molecule has 0 aromatic heterocycles. The normalized spacial score (nSPS) is 32.0. The van der Waals surface area contributed by atoms with Crippen LogP contribution in [0.15, 0.2) is 30.3 Å². The third-order valence-corrected chi connectivity index (χ3v) is 2.64. The minimum atomic E-state index is -0.0507. The van der Waals surface area contributed by atoms with E-state index in [1.807, 2.05) is 25.2 Å². The van der Waals surface area contributed by atoms with Crippen molar-refractivity contribution in [1.82, 2.24) is 16.2 Å². The molecule has 1 aromatic rings. The van der Waals surface area contributed by atoms with Crippen LogP contribution in [0.3, 0.4) is 0 Å². The summed E-state index contributed by atoms with van der Waals surface area (Å²) in [6.45, 7) is 0. The van der Waals surface area contributed by atoms with E-state index in [-0.39, 0.29) is 18.2 Å². The van der Waals surface area contributed by atoms with E-state index in [1.54, 1.807) is 0 Å². The van der Waals surface area contributed by atoms with Gasteiger partial charge < -0.3 is 11.1 Å². The fourth-order valence-electron chi connectivity index (χ4n) is 1.87. The zero-order chi connectivity index (χ0) is 9.97. The van der Waals surface area contributed by atoms with Gasteiger partial charge in [-0.3, -0.25) is 0 Å². The number of benzene rings is 1. The fourth-order valence-corrected chi connectivity index (χ4v) is 1.87. The molecule has 3 unspecified atom stereocenters. The number of hydrogen-bond donors (Lipinski definition) is 4. The Hall–Kier alpha value is -0.940. The first-order chi connectivity index (χ1) is 6.83. The highest BCUT2D eigenvalue weighted by Crippen LogP contribution is 2.20. The van der Waals surface area contributed by atoms with Gasteiger partial charge in [-0.05, 0) is 12.6 Å². The summed E-state index contributed by atoms with van der Waals surface area (Å²) in [6.07, 6.45) is -0.0507. The van der Waals surface area contributed by atoms with E-state index < -0.39 is 0 Å². The summed E-state index contributed by atoms with van der Waals surface area (Å²) in [5.41, 5.74) is 13.3. The van der Waals surface area contributed by atoms with E-state index >= 15 is 0 Å². The Morgan fingerprint density at radius 1 is 1.21 bits per heavy atom. The van der Waals surface area contributed by atoms with Crippen molar-refractivity contribution in [3.8, 4) is 0 Å². The van der Waals surface area contributed by atoms with Gasteiger partial charge in [0.05, 0.1) is 18.2 Å². The first kappa shape index (κ1) is 9.61. The molecule has 14 heavy (non-hydrogen) atoms. The van der Waals surface area contributed by atoms with Gasteiger partial charge in [-0.15, -0.1) is 0 Å². The first-order valence-corrected chi connectivity index (χ1v) is 4.82. The van der Waals surface area contributed by atoms with Crippen LogP contribution < -0.4 is 21.9 Å². The Kier molecular flexibility index (Phi) is 2.79. The number of rotatable bonds is 2. The SMILES string of the molecule is CNC1C(N)NNC1c1ccccc1. The largest absolute Gasteiger partial charge is 0.314 e. The number of likely N-dealkylation sites (N-methyl/N-ethyl adjacent to an activating group) is 1. The minimum absolute atomic E-state index is 0.0507. The molecule has 1 saturated heterocycles. The quantitative estimate of drug-likeness (QED) is 0.520. The lowest BCUT2D eigenvalue weighted by molar-refractivity contribution is 0.464. The van der Waals surface area contributed by atoms with Crippen molar-refractivity contribution in [3.63, 3.8) is 0 Å². The summed E-state index contributed by atoms with van der Waals surface area (Å²) in [7, 11) is 1.93. The molecular weight excluding hydrogens is 176 g/mol. The molecule has 5 N–H and O–H groups in total. The molecule has 0 aliphatic carbocycles. The van der Waals surface area contributed by atoms with E-state index in [9.17, 15) is 0 Å². The van der Waals surface area contributed by atoms with Gasteiger partial charge in [0.1, 0.15) is 0 Å². The summed E-state index contributed by atoms with van der Waals surface area (Å²) in [5, 5.41) is 3.21. The maximum atomic E-state index is 5.88. The topological polar surface area (TPSA) is 62.1 Å². The second-order valence-electron chi connectivity index (χ2n) is 3.52. The summed E-state index contributed by atoms with van der Waals surface area (Å²) < 4.78 is 0. The smallest absolute Gasteiger partial charge is 0.0853 e. The van der Waals surface area contributed by atoms with Crippen molar-refractivity contribution in [3.05, 3.63) is 35.9 Å². The van der Waals surface area contributed by atoms with Crippen molar-refractivity contribution < 1.29 is 0 Å². The highest BCUT2D eigenvalue weighted by Gasteiger charge is 2.32. The summed E-state index contributed by atoms with van der Waals surface area (Å²) in [6, 6.07) is 10.7. The zero-order valence-electron chi connectivity index (χ0n) is 8.20. The molecule has 0 amide bonds. The Morgan fingerprint density at radius 3 is 2.57 bits per heavy atom. The Morgan fingerprint density at radius 2 is 1.93 bits per heavy atom. The van der Waals surface area contributed by atoms with Crippen LogP contribution in [0.5, 0.6) is 0 Å². The van der Waals surface area contributed by atoms with Gasteiger partial charge in [0.25, 0.3) is 0 Å². The van der Waals surface area contributed by atoms with Gasteiger partial charge in [-0.25, -0.2) is 10.9 Å². The second-order valence-corrected chi connectivity index (χ2v) is 3.52. The molecule has 4 nitrogen and oxygen atoms in total. The average Bonchev–Trinajstić information content (AvgIpc) is 2.61. The lowest BCUT2D eigenvalue weighted by Gasteiger charge is -2.20. The molecule has 1 aliphatic rings. The second kappa shape index (κ2) is 4.06. The summed E-state index contributed by atoms with van der Waals surface area (Å²) >= 11 is 0. The molecule has 2 rings (SSSR count). The number of hydrogen-bond acceptors (Lipinski definition) is 4. The first-order valence-electron chi connectivity index (χ1n) is 4.82. The van der Waals surface area contributed by atoms with Crippen LogP contribution in [-0.4, -0.2) is 19.3 Å². The van der Waals surface area contributed by atoms with Crippen LogP contribution in [0.4, 0.5) is 0 Å². The van der Waals surface area contributed by atoms with E-state index in [0.29, 0.717) is 0 Å². The molecule has 3 atom stereocenters. The molecule has 1 aliphatic heterocycles. The van der Waals surface area contributed by atoms with Crippen LogP contribution in [0.25, 0.3) is 0 Å². The maximum absolute atomic E-state index is 5.88. The Labute approximate surface area is 83.8 Å². The molecule has 1 heterocycles. The van der Waals surface area contributed by atoms with Crippen LogP contribution in [-0.2, 0) is 0 Å². The predicted octanol–water partition coefficient (Wildman–Crippen LogP) is -0.292. The van der Waals surface area contributed by atoms with Gasteiger partial charge in [-0.1, -0.05) is 30.3 Å². The van der Waals surface area contributed by atoms with Crippen molar-refractivity contribution in [2.75, 3.05) is 7.05 Å². The van der Waals surface area contributed by atoms with Crippen LogP contribution in [0.1, 0.15) is 11.6 Å². The van der Waals surface area contributed by atoms with E-state index in [2.05, 4.69) is 28.3 Å². The van der Waals surface area contributed by atoms with Gasteiger partial charge in [0.15, 0.2) is 0 Å². The highest BCUT2D eigenvalue weighted by atomic mass is 15.5. The number of hydrazine groups is 1. The van der Waals surface area contributed by atoms with E-state index in [0.717, 1.165) is 0 Å². The summed E-state index contributed by atoms with van der Waals surface area (Å²) in [5.74, 6) is 0. The standard InChI is InChI=1S/C10H16N4/c1-12-9-8(13-14-10(9)11)7-5-3-2-4-6-7/h2-6,8-10,12-14H,11H2,1H3.